The molecular formula is C20H20ClN3O4. The molecule has 2 aromatic rings. The minimum Gasteiger partial charge on any atom is -0.343 e. The number of amides is 2. The molecule has 0 saturated carbocycles. The van der Waals surface area contributed by atoms with Gasteiger partial charge in [-0.15, -0.1) is 0 Å². The summed E-state index contributed by atoms with van der Waals surface area (Å²) >= 11 is 5.97. The van der Waals surface area contributed by atoms with E-state index in [9.17, 15) is 19.7 Å². The molecule has 2 aromatic carbocycles. The molecule has 8 heteroatoms. The molecule has 1 heterocycles. The van der Waals surface area contributed by atoms with E-state index < -0.39 is 16.5 Å². The number of carbonyl (C=O) groups is 2. The third kappa shape index (κ3) is 4.31. The summed E-state index contributed by atoms with van der Waals surface area (Å²) < 4.78 is 0. The second-order valence-electron chi connectivity index (χ2n) is 6.58. The Hall–Kier alpha value is -2.93. The average molecular weight is 402 g/mol. The van der Waals surface area contributed by atoms with Crippen LogP contribution in [0.25, 0.3) is 0 Å². The van der Waals surface area contributed by atoms with Gasteiger partial charge < -0.3 is 10.2 Å². The number of halogens is 1. The number of benzene rings is 2. The fraction of sp³-hybridized carbons (Fsp3) is 0.300. The van der Waals surface area contributed by atoms with Crippen LogP contribution < -0.4 is 5.32 Å². The van der Waals surface area contributed by atoms with Crippen LogP contribution in [0.3, 0.4) is 0 Å². The molecule has 28 heavy (non-hydrogen) atoms. The van der Waals surface area contributed by atoms with Crippen LogP contribution in [0.1, 0.15) is 41.2 Å². The first-order chi connectivity index (χ1) is 13.5. The molecule has 7 nitrogen and oxygen atoms in total. The second kappa shape index (κ2) is 8.84. The van der Waals surface area contributed by atoms with Gasteiger partial charge in [-0.3, -0.25) is 19.7 Å². The lowest BCUT2D eigenvalue weighted by atomic mass is 9.95. The van der Waals surface area contributed by atoms with Gasteiger partial charge in [0.05, 0.1) is 22.5 Å². The summed E-state index contributed by atoms with van der Waals surface area (Å²) in [4.78, 5) is 37.5. The van der Waals surface area contributed by atoms with Gasteiger partial charge in [-0.2, -0.15) is 0 Å². The molecule has 0 aliphatic carbocycles. The van der Waals surface area contributed by atoms with Gasteiger partial charge in [-0.1, -0.05) is 48.0 Å². The van der Waals surface area contributed by atoms with E-state index in [2.05, 4.69) is 5.32 Å². The first kappa shape index (κ1) is 19.8. The number of nitrogens with one attached hydrogen (secondary N) is 1. The van der Waals surface area contributed by atoms with Gasteiger partial charge in [0.1, 0.15) is 5.56 Å². The maximum Gasteiger partial charge on any atom is 0.283 e. The van der Waals surface area contributed by atoms with Crippen molar-refractivity contribution in [2.45, 2.75) is 25.3 Å². The third-order valence-electron chi connectivity index (χ3n) is 4.82. The highest BCUT2D eigenvalue weighted by Crippen LogP contribution is 2.31. The van der Waals surface area contributed by atoms with E-state index in [-0.39, 0.29) is 29.1 Å². The predicted molar refractivity (Wildman–Crippen MR) is 105 cm³/mol. The molecule has 0 bridgehead atoms. The van der Waals surface area contributed by atoms with Gasteiger partial charge in [-0.05, 0) is 30.9 Å². The van der Waals surface area contributed by atoms with E-state index >= 15 is 0 Å². The average Bonchev–Trinajstić information content (AvgIpc) is 2.72. The monoisotopic (exact) mass is 401 g/mol. The minimum absolute atomic E-state index is 0.0284. The lowest BCUT2D eigenvalue weighted by molar-refractivity contribution is -0.385. The molecule has 0 spiro atoms. The van der Waals surface area contributed by atoms with Crippen molar-refractivity contribution in [2.75, 3.05) is 13.1 Å². The summed E-state index contributed by atoms with van der Waals surface area (Å²) in [5.41, 5.74) is 0.432. The van der Waals surface area contributed by atoms with Crippen molar-refractivity contribution in [2.24, 2.45) is 0 Å². The molecule has 1 aliphatic heterocycles. The Morgan fingerprint density at radius 1 is 1.14 bits per heavy atom. The van der Waals surface area contributed by atoms with E-state index in [0.717, 1.165) is 24.8 Å². The number of likely N-dealkylation sites (tertiary alicyclic amines) is 1. The van der Waals surface area contributed by atoms with Crippen LogP contribution in [-0.4, -0.2) is 34.7 Å². The largest absolute Gasteiger partial charge is 0.343 e. The predicted octanol–water partition coefficient (Wildman–Crippen LogP) is 3.73. The maximum absolute atomic E-state index is 12.8. The topological polar surface area (TPSA) is 92.6 Å². The SMILES string of the molecule is O=C(NCC(=O)N1CCCC[C@H]1c1ccccc1)c1c(Cl)cccc1[N+](=O)[O-]. The van der Waals surface area contributed by atoms with Crippen molar-refractivity contribution in [3.05, 3.63) is 74.8 Å². The molecule has 1 atom stereocenters. The van der Waals surface area contributed by atoms with E-state index in [1.165, 1.54) is 18.2 Å². The first-order valence-electron chi connectivity index (χ1n) is 9.04. The zero-order valence-electron chi connectivity index (χ0n) is 15.1. The highest BCUT2D eigenvalue weighted by atomic mass is 35.5. The molecule has 3 rings (SSSR count). The van der Waals surface area contributed by atoms with Gasteiger partial charge in [0.15, 0.2) is 0 Å². The number of carbonyl (C=O) groups excluding carboxylic acids is 2. The number of nitrogens with zero attached hydrogens (tertiary/aromatic N) is 2. The van der Waals surface area contributed by atoms with Gasteiger partial charge in [-0.25, -0.2) is 0 Å². The van der Waals surface area contributed by atoms with E-state index in [0.29, 0.717) is 6.54 Å². The standard InChI is InChI=1S/C20H20ClN3O4/c21-15-9-6-11-17(24(27)28)19(15)20(26)22-13-18(25)23-12-5-4-10-16(23)14-7-2-1-3-8-14/h1-3,6-9,11,16H,4-5,10,12-13H2,(H,22,26)/t16-/m0/s1. The molecular weight excluding hydrogens is 382 g/mol. The fourth-order valence-corrected chi connectivity index (χ4v) is 3.74. The molecule has 1 saturated heterocycles. The normalized spacial score (nSPS) is 16.5. The Labute approximate surface area is 167 Å². The molecule has 0 unspecified atom stereocenters. The lowest BCUT2D eigenvalue weighted by Crippen LogP contribution is -2.44. The molecule has 1 fully saturated rings. The molecule has 2 amide bonds. The van der Waals surface area contributed by atoms with Crippen molar-refractivity contribution >= 4 is 29.1 Å². The van der Waals surface area contributed by atoms with Crippen LogP contribution in [0.15, 0.2) is 48.5 Å². The maximum atomic E-state index is 12.8. The second-order valence-corrected chi connectivity index (χ2v) is 6.99. The van der Waals surface area contributed by atoms with Crippen LogP contribution >= 0.6 is 11.6 Å². The number of rotatable bonds is 5. The Bertz CT molecular complexity index is 888. The first-order valence-corrected chi connectivity index (χ1v) is 9.42. The Kier molecular flexibility index (Phi) is 6.26. The van der Waals surface area contributed by atoms with Gasteiger partial charge in [0.25, 0.3) is 11.6 Å². The van der Waals surface area contributed by atoms with Gasteiger partial charge in [0, 0.05) is 12.6 Å². The zero-order chi connectivity index (χ0) is 20.1. The summed E-state index contributed by atoms with van der Waals surface area (Å²) in [5, 5.41) is 13.6. The number of piperidine rings is 1. The molecule has 0 radical (unpaired) electrons. The molecule has 1 aliphatic rings. The molecule has 0 aromatic heterocycles. The Morgan fingerprint density at radius 3 is 2.61 bits per heavy atom. The molecule has 146 valence electrons. The summed E-state index contributed by atoms with van der Waals surface area (Å²) in [6.07, 6.45) is 2.79. The fourth-order valence-electron chi connectivity index (χ4n) is 3.49. The van der Waals surface area contributed by atoms with Crippen molar-refractivity contribution in [3.8, 4) is 0 Å². The van der Waals surface area contributed by atoms with Crippen molar-refractivity contribution in [3.63, 3.8) is 0 Å². The van der Waals surface area contributed by atoms with Crippen LogP contribution in [-0.2, 0) is 4.79 Å². The zero-order valence-corrected chi connectivity index (χ0v) is 15.9. The van der Waals surface area contributed by atoms with Crippen molar-refractivity contribution in [1.82, 2.24) is 10.2 Å². The number of nitro benzene ring substituents is 1. The Morgan fingerprint density at radius 2 is 1.89 bits per heavy atom. The lowest BCUT2D eigenvalue weighted by Gasteiger charge is -2.36. The number of hydrogen-bond donors (Lipinski definition) is 1. The quantitative estimate of drug-likeness (QED) is 0.610. The summed E-state index contributed by atoms with van der Waals surface area (Å²) in [6, 6.07) is 13.8. The Balaban J connectivity index is 1.71. The number of nitro groups is 1. The smallest absolute Gasteiger partial charge is 0.283 e. The summed E-state index contributed by atoms with van der Waals surface area (Å²) in [7, 11) is 0. The van der Waals surface area contributed by atoms with Gasteiger partial charge >= 0.3 is 0 Å². The van der Waals surface area contributed by atoms with E-state index in [1.54, 1.807) is 4.90 Å². The number of hydrogen-bond acceptors (Lipinski definition) is 4. The summed E-state index contributed by atoms with van der Waals surface area (Å²) in [6.45, 7) is 0.366. The van der Waals surface area contributed by atoms with Crippen molar-refractivity contribution in [1.29, 1.82) is 0 Å². The van der Waals surface area contributed by atoms with Crippen LogP contribution in [0.5, 0.6) is 0 Å². The van der Waals surface area contributed by atoms with Crippen molar-refractivity contribution < 1.29 is 14.5 Å². The van der Waals surface area contributed by atoms with Crippen LogP contribution in [0, 0.1) is 10.1 Å². The summed E-state index contributed by atoms with van der Waals surface area (Å²) in [5.74, 6) is -0.962. The molecule has 1 N–H and O–H groups in total. The van der Waals surface area contributed by atoms with E-state index in [4.69, 9.17) is 11.6 Å². The highest BCUT2D eigenvalue weighted by Gasteiger charge is 2.29. The minimum atomic E-state index is -0.737. The van der Waals surface area contributed by atoms with Crippen LogP contribution in [0.2, 0.25) is 5.02 Å². The highest BCUT2D eigenvalue weighted by molar-refractivity contribution is 6.34. The van der Waals surface area contributed by atoms with Crippen LogP contribution in [0.4, 0.5) is 5.69 Å². The van der Waals surface area contributed by atoms with Gasteiger partial charge in [0.2, 0.25) is 5.91 Å². The third-order valence-corrected chi connectivity index (χ3v) is 5.14. The van der Waals surface area contributed by atoms with E-state index in [1.807, 2.05) is 30.3 Å².